The fourth-order valence-electron chi connectivity index (χ4n) is 4.98. The second kappa shape index (κ2) is 13.8. The molecule has 1 fully saturated rings. The van der Waals surface area contributed by atoms with E-state index in [9.17, 15) is 14.4 Å². The second-order valence-corrected chi connectivity index (χ2v) is 14.5. The minimum Gasteiger partial charge on any atom is -0.443 e. The van der Waals surface area contributed by atoms with Gasteiger partial charge in [0.15, 0.2) is 5.78 Å². The van der Waals surface area contributed by atoms with Crippen LogP contribution >= 0.6 is 58.0 Å². The Balaban J connectivity index is 1.49. The molecule has 3 aromatic rings. The lowest BCUT2D eigenvalue weighted by molar-refractivity contribution is -0.117. The maximum atomic E-state index is 13.4. The molecule has 2 atom stereocenters. The van der Waals surface area contributed by atoms with Gasteiger partial charge in [0.1, 0.15) is 9.93 Å². The molecule has 0 spiro atoms. The van der Waals surface area contributed by atoms with Crippen molar-refractivity contribution in [2.45, 2.75) is 56.4 Å². The number of benzene rings is 3. The molecule has 0 radical (unpaired) electrons. The van der Waals surface area contributed by atoms with Crippen LogP contribution in [0.15, 0.2) is 54.6 Å². The van der Waals surface area contributed by atoms with E-state index >= 15 is 0 Å². The minimum atomic E-state index is -1.36. The maximum absolute atomic E-state index is 13.4. The van der Waals surface area contributed by atoms with Gasteiger partial charge in [0.05, 0.1) is 23.4 Å². The monoisotopic (exact) mass is 707 g/mol. The molecule has 3 aromatic carbocycles. The standard InChI is InChI=1S/C33H30Cl5N3O4/c1-18-12-24(41(11-5-10-39)31(44)45-32(2,3)4)8-6-19(18)15-27(42)25-17-23(7-9-26(25)36)40-30(43)29-28(33(29,37)38)20-13-21(34)16-22(35)14-20/h6-9,12-14,16-17,28-29H,5,11,15H2,1-4H3,(H,40,43). The number of rotatable bonds is 9. The molecule has 1 N–H and O–H groups in total. The molecule has 0 aliphatic heterocycles. The number of anilines is 2. The lowest BCUT2D eigenvalue weighted by Gasteiger charge is -2.27. The summed E-state index contributed by atoms with van der Waals surface area (Å²) in [5.74, 6) is -2.01. The van der Waals surface area contributed by atoms with Crippen molar-refractivity contribution in [3.63, 3.8) is 0 Å². The summed E-state index contributed by atoms with van der Waals surface area (Å²) in [7, 11) is 0. The molecule has 2 unspecified atom stereocenters. The van der Waals surface area contributed by atoms with Crippen LogP contribution < -0.4 is 10.2 Å². The van der Waals surface area contributed by atoms with Crippen molar-refractivity contribution in [2.24, 2.45) is 5.92 Å². The number of nitrogens with zero attached hydrogens (tertiary/aromatic N) is 2. The zero-order valence-corrected chi connectivity index (χ0v) is 28.7. The van der Waals surface area contributed by atoms with Gasteiger partial charge in [-0.1, -0.05) is 40.9 Å². The highest BCUT2D eigenvalue weighted by atomic mass is 35.5. The van der Waals surface area contributed by atoms with Crippen LogP contribution in [0.4, 0.5) is 16.2 Å². The molecular weight excluding hydrogens is 680 g/mol. The van der Waals surface area contributed by atoms with E-state index in [2.05, 4.69) is 5.32 Å². The van der Waals surface area contributed by atoms with Crippen molar-refractivity contribution < 1.29 is 19.1 Å². The van der Waals surface area contributed by atoms with Gasteiger partial charge in [0, 0.05) is 45.9 Å². The lowest BCUT2D eigenvalue weighted by Crippen LogP contribution is -2.37. The van der Waals surface area contributed by atoms with Crippen molar-refractivity contribution in [3.05, 3.63) is 91.9 Å². The summed E-state index contributed by atoms with van der Waals surface area (Å²) < 4.78 is 4.16. The van der Waals surface area contributed by atoms with Crippen LogP contribution in [0.5, 0.6) is 0 Å². The van der Waals surface area contributed by atoms with Crippen LogP contribution in [0, 0.1) is 24.2 Å². The number of alkyl halides is 2. The second-order valence-electron chi connectivity index (χ2n) is 11.8. The number of nitriles is 1. The first-order valence-electron chi connectivity index (χ1n) is 14.0. The van der Waals surface area contributed by atoms with Gasteiger partial charge in [0.2, 0.25) is 5.91 Å². The number of halogens is 5. The molecular formula is C33H30Cl5N3O4. The van der Waals surface area contributed by atoms with Crippen molar-refractivity contribution in [1.82, 2.24) is 0 Å². The predicted molar refractivity (Wildman–Crippen MR) is 180 cm³/mol. The molecule has 1 aliphatic carbocycles. The van der Waals surface area contributed by atoms with E-state index in [0.29, 0.717) is 32.5 Å². The first-order chi connectivity index (χ1) is 21.0. The van der Waals surface area contributed by atoms with Crippen LogP contribution in [-0.4, -0.2) is 34.3 Å². The summed E-state index contributed by atoms with van der Waals surface area (Å²) in [4.78, 5) is 40.9. The Labute approximate surface area is 287 Å². The summed E-state index contributed by atoms with van der Waals surface area (Å²) in [5.41, 5.74) is 2.53. The number of hydrogen-bond acceptors (Lipinski definition) is 5. The van der Waals surface area contributed by atoms with E-state index < -0.39 is 33.8 Å². The summed E-state index contributed by atoms with van der Waals surface area (Å²) in [6, 6.07) is 16.8. The topological polar surface area (TPSA) is 99.5 Å². The van der Waals surface area contributed by atoms with Crippen LogP contribution in [0.2, 0.25) is 15.1 Å². The summed E-state index contributed by atoms with van der Waals surface area (Å²) >= 11 is 31.6. The van der Waals surface area contributed by atoms with Crippen LogP contribution in [0.25, 0.3) is 0 Å². The van der Waals surface area contributed by atoms with Crippen molar-refractivity contribution >= 4 is 87.2 Å². The molecule has 0 saturated heterocycles. The number of Topliss-reactive ketones (excluding diaryl/α,β-unsaturated/α-hetero) is 1. The zero-order valence-electron chi connectivity index (χ0n) is 24.9. The fraction of sp³-hybridized carbons (Fsp3) is 0.333. The Bertz CT molecular complexity index is 1680. The molecule has 1 saturated carbocycles. The zero-order chi connectivity index (χ0) is 33.3. The molecule has 236 valence electrons. The number of hydrogen-bond donors (Lipinski definition) is 1. The van der Waals surface area contributed by atoms with Gasteiger partial charge in [-0.3, -0.25) is 14.5 Å². The van der Waals surface area contributed by atoms with Gasteiger partial charge in [0.25, 0.3) is 0 Å². The van der Waals surface area contributed by atoms with Crippen molar-refractivity contribution in [2.75, 3.05) is 16.8 Å². The number of carbonyl (C=O) groups excluding carboxylic acids is 3. The summed E-state index contributed by atoms with van der Waals surface area (Å²) in [6.45, 7) is 7.28. The first-order valence-corrected chi connectivity index (χ1v) is 15.8. The van der Waals surface area contributed by atoms with Gasteiger partial charge >= 0.3 is 6.09 Å². The Hall–Kier alpha value is -2.99. The molecule has 45 heavy (non-hydrogen) atoms. The fourth-order valence-corrected chi connectivity index (χ4v) is 6.57. The van der Waals surface area contributed by atoms with Crippen molar-refractivity contribution in [3.8, 4) is 6.07 Å². The van der Waals surface area contributed by atoms with Gasteiger partial charge < -0.3 is 10.1 Å². The van der Waals surface area contributed by atoms with Crippen LogP contribution in [-0.2, 0) is 16.0 Å². The molecule has 0 aromatic heterocycles. The number of aryl methyl sites for hydroxylation is 1. The normalized spacial score (nSPS) is 16.8. The molecule has 7 nitrogen and oxygen atoms in total. The average Bonchev–Trinajstić information content (AvgIpc) is 3.51. The number of amides is 2. The van der Waals surface area contributed by atoms with Crippen LogP contribution in [0.3, 0.4) is 0 Å². The lowest BCUT2D eigenvalue weighted by atomic mass is 9.98. The predicted octanol–water partition coefficient (Wildman–Crippen LogP) is 9.56. The van der Waals surface area contributed by atoms with E-state index in [-0.39, 0.29) is 35.8 Å². The third kappa shape index (κ3) is 8.44. The van der Waals surface area contributed by atoms with E-state index in [1.54, 1.807) is 63.2 Å². The summed E-state index contributed by atoms with van der Waals surface area (Å²) in [6.07, 6.45) is -0.432. The maximum Gasteiger partial charge on any atom is 0.414 e. The summed E-state index contributed by atoms with van der Waals surface area (Å²) in [5, 5.41) is 12.9. The molecule has 1 aliphatic rings. The van der Waals surface area contributed by atoms with Crippen molar-refractivity contribution in [1.29, 1.82) is 5.26 Å². The van der Waals surface area contributed by atoms with E-state index in [1.807, 2.05) is 13.0 Å². The van der Waals surface area contributed by atoms with Gasteiger partial charge in [-0.25, -0.2) is 4.79 Å². The van der Waals surface area contributed by atoms with E-state index in [0.717, 1.165) is 5.56 Å². The minimum absolute atomic E-state index is 0.0144. The molecule has 0 bridgehead atoms. The van der Waals surface area contributed by atoms with E-state index in [4.69, 9.17) is 68.0 Å². The number of carbonyl (C=O) groups is 3. The smallest absolute Gasteiger partial charge is 0.414 e. The number of ketones is 1. The Morgan fingerprint density at radius 1 is 1.00 bits per heavy atom. The SMILES string of the molecule is Cc1cc(N(CCC#N)C(=O)OC(C)(C)C)ccc1CC(=O)c1cc(NC(=O)C2C(c3cc(Cl)cc(Cl)c3)C2(Cl)Cl)ccc1Cl. The Morgan fingerprint density at radius 2 is 1.67 bits per heavy atom. The quantitative estimate of drug-likeness (QED) is 0.176. The number of nitrogens with one attached hydrogen (secondary N) is 1. The van der Waals surface area contributed by atoms with Gasteiger partial charge in [-0.05, 0) is 92.9 Å². The highest BCUT2D eigenvalue weighted by Gasteiger charge is 2.67. The molecule has 12 heteroatoms. The number of ether oxygens (including phenoxy) is 1. The van der Waals surface area contributed by atoms with Crippen LogP contribution in [0.1, 0.15) is 60.2 Å². The third-order valence-electron chi connectivity index (χ3n) is 7.16. The molecule has 4 rings (SSSR count). The molecule has 2 amide bonds. The third-order valence-corrected chi connectivity index (χ3v) is 8.87. The average molecular weight is 710 g/mol. The highest BCUT2D eigenvalue weighted by molar-refractivity contribution is 6.53. The highest BCUT2D eigenvalue weighted by Crippen LogP contribution is 2.65. The van der Waals surface area contributed by atoms with Gasteiger partial charge in [-0.2, -0.15) is 5.26 Å². The van der Waals surface area contributed by atoms with Gasteiger partial charge in [-0.15, -0.1) is 23.2 Å². The largest absolute Gasteiger partial charge is 0.443 e. The van der Waals surface area contributed by atoms with E-state index in [1.165, 1.54) is 17.0 Å². The Kier molecular flexibility index (Phi) is 10.7. The molecule has 0 heterocycles. The Morgan fingerprint density at radius 3 is 2.27 bits per heavy atom. The first kappa shape index (κ1) is 34.9.